The molecule has 1 aromatic heterocycles. The first kappa shape index (κ1) is 14.5. The third-order valence-corrected chi connectivity index (χ3v) is 4.10. The summed E-state index contributed by atoms with van der Waals surface area (Å²) in [5, 5.41) is 10.0. The Morgan fingerprint density at radius 3 is 2.12 bits per heavy atom. The van der Waals surface area contributed by atoms with Crippen LogP contribution < -0.4 is 0 Å². The minimum absolute atomic E-state index is 0.176. The van der Waals surface area contributed by atoms with E-state index in [1.54, 1.807) is 33.8 Å². The Labute approximate surface area is 101 Å². The maximum atomic E-state index is 12.5. The molecule has 0 amide bonds. The van der Waals surface area contributed by atoms with Crippen molar-refractivity contribution in [3.05, 3.63) is 24.2 Å². The van der Waals surface area contributed by atoms with Gasteiger partial charge in [-0.25, -0.2) is 0 Å². The van der Waals surface area contributed by atoms with Gasteiger partial charge in [-0.1, -0.05) is 0 Å². The van der Waals surface area contributed by atoms with E-state index < -0.39 is 13.4 Å². The fourth-order valence-corrected chi connectivity index (χ4v) is 3.24. The second kappa shape index (κ2) is 5.83. The first-order valence-corrected chi connectivity index (χ1v) is 7.14. The Morgan fingerprint density at radius 2 is 1.76 bits per heavy atom. The Hall–Kier alpha value is -0.610. The van der Waals surface area contributed by atoms with Crippen LogP contribution in [0.25, 0.3) is 0 Å². The molecule has 0 aliphatic rings. The zero-order valence-electron chi connectivity index (χ0n) is 10.5. The van der Waals surface area contributed by atoms with Crippen LogP contribution >= 0.6 is 7.60 Å². The van der Waals surface area contributed by atoms with Gasteiger partial charge < -0.3 is 18.6 Å². The zero-order chi connectivity index (χ0) is 13.1. The summed E-state index contributed by atoms with van der Waals surface area (Å²) in [5.41, 5.74) is 0. The maximum Gasteiger partial charge on any atom is 0.367 e. The quantitative estimate of drug-likeness (QED) is 0.796. The van der Waals surface area contributed by atoms with Crippen LogP contribution in [0, 0.1) is 0 Å². The smallest absolute Gasteiger partial charge is 0.367 e. The van der Waals surface area contributed by atoms with Gasteiger partial charge >= 0.3 is 7.60 Å². The minimum Gasteiger partial charge on any atom is -0.466 e. The van der Waals surface area contributed by atoms with Gasteiger partial charge in [-0.05, 0) is 39.8 Å². The summed E-state index contributed by atoms with van der Waals surface area (Å²) < 4.78 is 28.0. The molecular formula is C11H19O5P. The van der Waals surface area contributed by atoms with Gasteiger partial charge in [0.05, 0.1) is 18.5 Å². The van der Waals surface area contributed by atoms with Gasteiger partial charge in [0, 0.05) is 0 Å². The van der Waals surface area contributed by atoms with Crippen molar-refractivity contribution in [3.8, 4) is 0 Å². The number of hydrogen-bond acceptors (Lipinski definition) is 5. The molecule has 6 heteroatoms. The fourth-order valence-electron chi connectivity index (χ4n) is 1.32. The van der Waals surface area contributed by atoms with Crippen LogP contribution in [0.3, 0.4) is 0 Å². The predicted octanol–water partition coefficient (Wildman–Crippen LogP) is 3.31. The Morgan fingerprint density at radius 1 is 1.24 bits per heavy atom. The molecule has 17 heavy (non-hydrogen) atoms. The minimum atomic E-state index is -3.65. The average molecular weight is 262 g/mol. The molecule has 5 nitrogen and oxygen atoms in total. The van der Waals surface area contributed by atoms with Crippen LogP contribution in [-0.4, -0.2) is 17.3 Å². The third-order valence-electron chi connectivity index (χ3n) is 1.81. The van der Waals surface area contributed by atoms with E-state index in [4.69, 9.17) is 13.5 Å². The van der Waals surface area contributed by atoms with Gasteiger partial charge in [0.25, 0.3) is 0 Å². The molecule has 98 valence electrons. The largest absolute Gasteiger partial charge is 0.466 e. The van der Waals surface area contributed by atoms with E-state index in [0.29, 0.717) is 0 Å². The summed E-state index contributed by atoms with van der Waals surface area (Å²) in [6, 6.07) is 3.14. The van der Waals surface area contributed by atoms with Crippen LogP contribution in [0.2, 0.25) is 0 Å². The molecular weight excluding hydrogens is 243 g/mol. The van der Waals surface area contributed by atoms with Gasteiger partial charge in [0.2, 0.25) is 5.85 Å². The monoisotopic (exact) mass is 262 g/mol. The molecule has 0 spiro atoms. The number of furan rings is 1. The van der Waals surface area contributed by atoms with Crippen LogP contribution in [-0.2, 0) is 13.6 Å². The summed E-state index contributed by atoms with van der Waals surface area (Å²) in [5.74, 6) is -1.23. The van der Waals surface area contributed by atoms with Crippen LogP contribution in [0.5, 0.6) is 0 Å². The second-order valence-corrected chi connectivity index (χ2v) is 6.23. The highest BCUT2D eigenvalue weighted by Gasteiger charge is 2.39. The van der Waals surface area contributed by atoms with Crippen LogP contribution in [0.15, 0.2) is 22.8 Å². The Balaban J connectivity index is 2.93. The molecule has 0 aromatic carbocycles. The molecule has 1 atom stereocenters. The lowest BCUT2D eigenvalue weighted by atomic mass is 10.5. The molecule has 0 fully saturated rings. The van der Waals surface area contributed by atoms with E-state index in [1.165, 1.54) is 12.3 Å². The van der Waals surface area contributed by atoms with Crippen molar-refractivity contribution in [2.24, 2.45) is 0 Å². The lowest BCUT2D eigenvalue weighted by molar-refractivity contribution is 0.0940. The van der Waals surface area contributed by atoms with Crippen molar-refractivity contribution in [1.82, 2.24) is 0 Å². The molecule has 0 bridgehead atoms. The highest BCUT2D eigenvalue weighted by atomic mass is 31.2. The molecule has 1 aromatic rings. The first-order chi connectivity index (χ1) is 7.85. The molecule has 0 saturated heterocycles. The fraction of sp³-hybridized carbons (Fsp3) is 0.636. The van der Waals surface area contributed by atoms with Crippen molar-refractivity contribution in [3.63, 3.8) is 0 Å². The summed E-state index contributed by atoms with van der Waals surface area (Å²) in [6.07, 6.45) is 0.765. The van der Waals surface area contributed by atoms with Gasteiger partial charge in [-0.15, -0.1) is 0 Å². The lowest BCUT2D eigenvalue weighted by Gasteiger charge is -2.25. The molecule has 1 heterocycles. The predicted molar refractivity (Wildman–Crippen MR) is 63.7 cm³/mol. The zero-order valence-corrected chi connectivity index (χ0v) is 11.4. The average Bonchev–Trinajstić information content (AvgIpc) is 2.66. The number of hydrogen-bond donors (Lipinski definition) is 1. The van der Waals surface area contributed by atoms with Gasteiger partial charge in [0.15, 0.2) is 0 Å². The van der Waals surface area contributed by atoms with E-state index in [0.717, 1.165) is 0 Å². The van der Waals surface area contributed by atoms with Crippen molar-refractivity contribution < 1.29 is 23.1 Å². The molecule has 0 radical (unpaired) electrons. The highest BCUT2D eigenvalue weighted by Crippen LogP contribution is 2.61. The number of aliphatic hydroxyl groups is 1. The van der Waals surface area contributed by atoms with Crippen LogP contribution in [0.4, 0.5) is 0 Å². The van der Waals surface area contributed by atoms with Gasteiger partial charge in [0.1, 0.15) is 5.76 Å². The summed E-state index contributed by atoms with van der Waals surface area (Å²) in [7, 11) is -3.65. The molecule has 1 N–H and O–H groups in total. The number of rotatable bonds is 6. The summed E-state index contributed by atoms with van der Waals surface area (Å²) in [4.78, 5) is 0. The van der Waals surface area contributed by atoms with E-state index in [2.05, 4.69) is 0 Å². The number of aliphatic hydroxyl groups excluding tert-OH is 1. The first-order valence-electron chi connectivity index (χ1n) is 5.53. The van der Waals surface area contributed by atoms with E-state index in [-0.39, 0.29) is 18.0 Å². The highest BCUT2D eigenvalue weighted by molar-refractivity contribution is 7.54. The Bertz CT molecular complexity index is 357. The van der Waals surface area contributed by atoms with Crippen LogP contribution in [0.1, 0.15) is 39.3 Å². The third kappa shape index (κ3) is 3.96. The van der Waals surface area contributed by atoms with Crippen molar-refractivity contribution >= 4 is 7.60 Å². The molecule has 1 unspecified atom stereocenters. The summed E-state index contributed by atoms with van der Waals surface area (Å²) in [6.45, 7) is 6.91. The Kier molecular flexibility index (Phi) is 4.95. The lowest BCUT2D eigenvalue weighted by Crippen LogP contribution is -2.13. The van der Waals surface area contributed by atoms with E-state index in [9.17, 15) is 9.67 Å². The normalized spacial score (nSPS) is 14.5. The second-order valence-electron chi connectivity index (χ2n) is 4.24. The molecule has 0 aliphatic carbocycles. The van der Waals surface area contributed by atoms with Crippen molar-refractivity contribution in [1.29, 1.82) is 0 Å². The molecule has 0 saturated carbocycles. The van der Waals surface area contributed by atoms with E-state index in [1.807, 2.05) is 0 Å². The molecule has 1 rings (SSSR count). The van der Waals surface area contributed by atoms with E-state index >= 15 is 0 Å². The SMILES string of the molecule is CC(C)OP(=O)(OC(C)C)C(O)c1ccco1. The van der Waals surface area contributed by atoms with Gasteiger partial charge in [-0.3, -0.25) is 4.57 Å². The summed E-state index contributed by atoms with van der Waals surface area (Å²) >= 11 is 0. The maximum absolute atomic E-state index is 12.5. The van der Waals surface area contributed by atoms with Crippen molar-refractivity contribution in [2.75, 3.05) is 0 Å². The molecule has 0 aliphatic heterocycles. The topological polar surface area (TPSA) is 68.9 Å². The van der Waals surface area contributed by atoms with Gasteiger partial charge in [-0.2, -0.15) is 0 Å². The standard InChI is InChI=1S/C11H19O5P/c1-8(2)15-17(13,16-9(3)4)11(12)10-6-5-7-14-10/h5-9,11-12H,1-4H3. The van der Waals surface area contributed by atoms with Crippen molar-refractivity contribution in [2.45, 2.75) is 45.7 Å².